The van der Waals surface area contributed by atoms with Crippen molar-refractivity contribution in [3.63, 3.8) is 0 Å². The highest BCUT2D eigenvalue weighted by atomic mass is 19.1. The smallest absolute Gasteiger partial charge is 0.264 e. The normalized spacial score (nSPS) is 11.8. The number of aromatic hydroxyl groups is 1. The van der Waals surface area contributed by atoms with E-state index in [1.807, 2.05) is 13.8 Å². The second kappa shape index (κ2) is 5.58. The van der Waals surface area contributed by atoms with E-state index in [9.17, 15) is 9.50 Å². The largest absolute Gasteiger partial charge is 0.507 e. The quantitative estimate of drug-likeness (QED) is 0.910. The lowest BCUT2D eigenvalue weighted by Gasteiger charge is -2.25. The molecule has 0 saturated carbocycles. The van der Waals surface area contributed by atoms with Gasteiger partial charge in [-0.1, -0.05) is 25.1 Å². The van der Waals surface area contributed by atoms with Gasteiger partial charge < -0.3 is 14.4 Å². The van der Waals surface area contributed by atoms with Crippen molar-refractivity contribution in [3.8, 4) is 17.2 Å². The number of hydrogen-bond donors (Lipinski definition) is 1. The van der Waals surface area contributed by atoms with Crippen LogP contribution in [0.3, 0.4) is 0 Å². The molecule has 0 aliphatic carbocycles. The van der Waals surface area contributed by atoms with Gasteiger partial charge in [-0.2, -0.15) is 4.98 Å². The first-order chi connectivity index (χ1) is 9.57. The van der Waals surface area contributed by atoms with Gasteiger partial charge in [-0.15, -0.1) is 0 Å². The second-order valence-electron chi connectivity index (χ2n) is 4.46. The van der Waals surface area contributed by atoms with E-state index >= 15 is 0 Å². The Bertz CT molecular complexity index is 565. The molecule has 0 aliphatic rings. The zero-order chi connectivity index (χ0) is 14.8. The molecule has 0 bridgehead atoms. The van der Waals surface area contributed by atoms with Crippen molar-refractivity contribution in [2.24, 2.45) is 0 Å². The molecule has 0 fully saturated rings. The molecule has 0 aliphatic heterocycles. The zero-order valence-corrected chi connectivity index (χ0v) is 11.7. The molecule has 1 aromatic carbocycles. The topological polar surface area (TPSA) is 68.4 Å². The molecule has 0 radical (unpaired) electrons. The number of benzene rings is 1. The Balaban J connectivity index is 2.48. The summed E-state index contributed by atoms with van der Waals surface area (Å²) < 4.78 is 24.3. The van der Waals surface area contributed by atoms with E-state index in [1.54, 1.807) is 7.11 Å². The summed E-state index contributed by atoms with van der Waals surface area (Å²) in [6.45, 7) is 3.90. The molecule has 0 atom stereocenters. The van der Waals surface area contributed by atoms with Crippen molar-refractivity contribution in [1.82, 2.24) is 10.1 Å². The third-order valence-corrected chi connectivity index (χ3v) is 3.57. The van der Waals surface area contributed by atoms with E-state index in [0.717, 1.165) is 0 Å². The Morgan fingerprint density at radius 2 is 2.05 bits per heavy atom. The predicted molar refractivity (Wildman–Crippen MR) is 70.6 cm³/mol. The Hall–Kier alpha value is -1.95. The number of methoxy groups -OCH3 is 1. The Labute approximate surface area is 116 Å². The molecule has 0 saturated heterocycles. The highest BCUT2D eigenvalue weighted by Gasteiger charge is 2.34. The lowest BCUT2D eigenvalue weighted by atomic mass is 9.96. The number of hydrogen-bond acceptors (Lipinski definition) is 5. The van der Waals surface area contributed by atoms with Gasteiger partial charge in [-0.05, 0) is 25.0 Å². The maximum absolute atomic E-state index is 13.8. The third kappa shape index (κ3) is 2.27. The van der Waals surface area contributed by atoms with Crippen LogP contribution >= 0.6 is 0 Å². The molecule has 108 valence electrons. The van der Waals surface area contributed by atoms with E-state index in [2.05, 4.69) is 10.1 Å². The van der Waals surface area contributed by atoms with Crippen LogP contribution in [0.15, 0.2) is 22.7 Å². The van der Waals surface area contributed by atoms with E-state index in [-0.39, 0.29) is 17.2 Å². The Morgan fingerprint density at radius 3 is 2.60 bits per heavy atom. The van der Waals surface area contributed by atoms with Crippen molar-refractivity contribution < 1.29 is 18.8 Å². The van der Waals surface area contributed by atoms with Crippen LogP contribution in [0.4, 0.5) is 4.39 Å². The van der Waals surface area contributed by atoms with E-state index in [0.29, 0.717) is 18.7 Å². The summed E-state index contributed by atoms with van der Waals surface area (Å²) in [5, 5.41) is 13.6. The van der Waals surface area contributed by atoms with Crippen LogP contribution in [-0.2, 0) is 10.3 Å². The average Bonchev–Trinajstić information content (AvgIpc) is 2.91. The third-order valence-electron chi connectivity index (χ3n) is 3.57. The number of phenolic OH excluding ortho intramolecular Hbond substituents is 1. The van der Waals surface area contributed by atoms with Gasteiger partial charge in [0.1, 0.15) is 22.7 Å². The van der Waals surface area contributed by atoms with Crippen LogP contribution in [0.5, 0.6) is 5.75 Å². The fraction of sp³-hybridized carbons (Fsp3) is 0.429. The number of rotatable bonds is 5. The second-order valence-corrected chi connectivity index (χ2v) is 4.46. The van der Waals surface area contributed by atoms with Crippen LogP contribution in [0.2, 0.25) is 0 Å². The maximum atomic E-state index is 13.8. The van der Waals surface area contributed by atoms with Crippen LogP contribution in [0.1, 0.15) is 32.5 Å². The van der Waals surface area contributed by atoms with Crippen LogP contribution in [-0.4, -0.2) is 22.4 Å². The van der Waals surface area contributed by atoms with Crippen molar-refractivity contribution in [2.45, 2.75) is 32.3 Å². The highest BCUT2D eigenvalue weighted by Crippen LogP contribution is 2.34. The minimum atomic E-state index is -0.664. The minimum Gasteiger partial charge on any atom is -0.507 e. The molecule has 1 aromatic heterocycles. The first kappa shape index (κ1) is 14.5. The van der Waals surface area contributed by atoms with Gasteiger partial charge in [-0.3, -0.25) is 0 Å². The van der Waals surface area contributed by atoms with E-state index in [1.165, 1.54) is 18.2 Å². The van der Waals surface area contributed by atoms with E-state index in [4.69, 9.17) is 9.26 Å². The van der Waals surface area contributed by atoms with E-state index < -0.39 is 11.4 Å². The highest BCUT2D eigenvalue weighted by molar-refractivity contribution is 5.62. The summed E-state index contributed by atoms with van der Waals surface area (Å²) in [4.78, 5) is 4.18. The molecular weight excluding hydrogens is 263 g/mol. The van der Waals surface area contributed by atoms with Crippen molar-refractivity contribution in [1.29, 1.82) is 0 Å². The Morgan fingerprint density at radius 1 is 1.35 bits per heavy atom. The predicted octanol–water partition coefficient (Wildman–Crippen LogP) is 3.24. The van der Waals surface area contributed by atoms with Gasteiger partial charge in [0.05, 0.1) is 0 Å². The zero-order valence-electron chi connectivity index (χ0n) is 11.7. The SMILES string of the molecule is CCC(CC)(OC)c1noc(-c2c(O)cccc2F)n1. The number of halogens is 1. The average molecular weight is 280 g/mol. The van der Waals surface area contributed by atoms with Crippen LogP contribution < -0.4 is 0 Å². The fourth-order valence-corrected chi connectivity index (χ4v) is 2.18. The van der Waals surface area contributed by atoms with Gasteiger partial charge >= 0.3 is 0 Å². The monoisotopic (exact) mass is 280 g/mol. The molecule has 20 heavy (non-hydrogen) atoms. The van der Waals surface area contributed by atoms with Gasteiger partial charge in [0.25, 0.3) is 5.89 Å². The fourth-order valence-electron chi connectivity index (χ4n) is 2.18. The summed E-state index contributed by atoms with van der Waals surface area (Å²) >= 11 is 0. The van der Waals surface area contributed by atoms with Gasteiger partial charge in [0.15, 0.2) is 0 Å². The van der Waals surface area contributed by atoms with Gasteiger partial charge in [0.2, 0.25) is 5.82 Å². The first-order valence-electron chi connectivity index (χ1n) is 6.45. The number of aromatic nitrogens is 2. The van der Waals surface area contributed by atoms with Gasteiger partial charge in [0, 0.05) is 7.11 Å². The molecule has 2 rings (SSSR count). The molecule has 0 amide bonds. The summed E-state index contributed by atoms with van der Waals surface area (Å²) in [5.41, 5.74) is -0.758. The van der Waals surface area contributed by atoms with Crippen molar-refractivity contribution in [3.05, 3.63) is 29.8 Å². The summed E-state index contributed by atoms with van der Waals surface area (Å²) in [7, 11) is 1.57. The lowest BCUT2D eigenvalue weighted by Crippen LogP contribution is -2.28. The molecule has 0 spiro atoms. The molecular formula is C14H17FN2O3. The molecule has 1 N–H and O–H groups in total. The number of nitrogens with zero attached hydrogens (tertiary/aromatic N) is 2. The molecule has 6 heteroatoms. The van der Waals surface area contributed by atoms with Gasteiger partial charge in [-0.25, -0.2) is 4.39 Å². The lowest BCUT2D eigenvalue weighted by molar-refractivity contribution is -0.0306. The van der Waals surface area contributed by atoms with Crippen molar-refractivity contribution in [2.75, 3.05) is 7.11 Å². The van der Waals surface area contributed by atoms with Crippen LogP contribution in [0.25, 0.3) is 11.5 Å². The van der Waals surface area contributed by atoms with Crippen molar-refractivity contribution >= 4 is 0 Å². The molecule has 1 heterocycles. The number of ether oxygens (including phenoxy) is 1. The standard InChI is InChI=1S/C14H17FN2O3/c1-4-14(5-2,19-3)13-16-12(20-17-13)11-9(15)7-6-8-10(11)18/h6-8,18H,4-5H2,1-3H3. The summed E-state index contributed by atoms with van der Waals surface area (Å²) in [6.07, 6.45) is 1.31. The molecule has 0 unspecified atom stereocenters. The minimum absolute atomic E-state index is 0.0566. The first-order valence-corrected chi connectivity index (χ1v) is 6.45. The summed E-state index contributed by atoms with van der Waals surface area (Å²) in [5.74, 6) is -0.561. The number of phenols is 1. The van der Waals surface area contributed by atoms with Crippen LogP contribution in [0, 0.1) is 5.82 Å². The maximum Gasteiger partial charge on any atom is 0.264 e. The molecule has 5 nitrogen and oxygen atoms in total. The summed E-state index contributed by atoms with van der Waals surface area (Å²) in [6, 6.07) is 4.00. The molecule has 2 aromatic rings. The Kier molecular flexibility index (Phi) is 4.04.